The maximum atomic E-state index is 14.0. The highest BCUT2D eigenvalue weighted by Crippen LogP contribution is 2.34. The molecule has 0 radical (unpaired) electrons. The van der Waals surface area contributed by atoms with Gasteiger partial charge in [0.15, 0.2) is 0 Å². The molecule has 0 bridgehead atoms. The van der Waals surface area contributed by atoms with E-state index in [1.54, 1.807) is 26.0 Å². The van der Waals surface area contributed by atoms with Crippen LogP contribution in [0, 0.1) is 13.8 Å². The van der Waals surface area contributed by atoms with Gasteiger partial charge in [0, 0.05) is 43.5 Å². The number of benzene rings is 3. The lowest BCUT2D eigenvalue weighted by Gasteiger charge is -2.36. The first-order valence-electron chi connectivity index (χ1n) is 13.0. The molecule has 0 saturated carbocycles. The van der Waals surface area contributed by atoms with Crippen LogP contribution in [-0.4, -0.2) is 68.1 Å². The Kier molecular flexibility index (Phi) is 7.45. The molecule has 2 heterocycles. The van der Waals surface area contributed by atoms with Gasteiger partial charge >= 0.3 is 0 Å². The monoisotopic (exact) mass is 526 g/mol. The Morgan fingerprint density at radius 1 is 0.769 bits per heavy atom. The van der Waals surface area contributed by atoms with E-state index in [0.717, 1.165) is 46.9 Å². The highest BCUT2D eigenvalue weighted by Gasteiger charge is 2.27. The third kappa shape index (κ3) is 5.27. The Balaban J connectivity index is 1.47. The predicted octanol–water partition coefficient (Wildman–Crippen LogP) is 5.14. The molecule has 3 aromatic carbocycles. The van der Waals surface area contributed by atoms with Gasteiger partial charge < -0.3 is 24.0 Å². The van der Waals surface area contributed by atoms with E-state index < -0.39 is 0 Å². The molecule has 1 saturated heterocycles. The molecule has 1 amide bonds. The number of aromatic nitrogens is 2. The van der Waals surface area contributed by atoms with Crippen LogP contribution < -0.4 is 19.1 Å². The molecule has 0 atom stereocenters. The fourth-order valence-corrected chi connectivity index (χ4v) is 5.02. The zero-order valence-electron chi connectivity index (χ0n) is 23.1. The molecule has 1 aliphatic rings. The minimum atomic E-state index is -0.0458. The van der Waals surface area contributed by atoms with Crippen LogP contribution in [0.2, 0.25) is 0 Å². The summed E-state index contributed by atoms with van der Waals surface area (Å²) in [6.07, 6.45) is 0. The molecule has 202 valence electrons. The van der Waals surface area contributed by atoms with Gasteiger partial charge in [-0.05, 0) is 67.9 Å². The van der Waals surface area contributed by atoms with Gasteiger partial charge in [0.05, 0.1) is 32.7 Å². The normalized spacial score (nSPS) is 13.4. The summed E-state index contributed by atoms with van der Waals surface area (Å²) in [5.74, 6) is 2.11. The highest BCUT2D eigenvalue weighted by atomic mass is 16.5. The van der Waals surface area contributed by atoms with E-state index in [1.165, 1.54) is 0 Å². The van der Waals surface area contributed by atoms with Crippen molar-refractivity contribution in [3.05, 3.63) is 83.6 Å². The number of anilines is 1. The van der Waals surface area contributed by atoms with Gasteiger partial charge in [0.2, 0.25) is 0 Å². The number of carbonyl (C=O) groups is 1. The standard InChI is InChI=1S/C31H34N4O4/c1-21-6-13-28(22(2)18-21)35-29(20-27(32-35)26-12-11-25(38-4)19-30(26)39-5)31(36)34-16-14-33(15-17-34)23-7-9-24(37-3)10-8-23/h6-13,18-20H,14-17H2,1-5H3. The molecule has 4 aromatic rings. The fraction of sp³-hybridized carbons (Fsp3) is 0.290. The molecule has 0 N–H and O–H groups in total. The van der Waals surface area contributed by atoms with E-state index in [-0.39, 0.29) is 5.91 Å². The van der Waals surface area contributed by atoms with Gasteiger partial charge in [-0.3, -0.25) is 4.79 Å². The SMILES string of the molecule is COc1ccc(N2CCN(C(=O)c3cc(-c4ccc(OC)cc4OC)nn3-c3ccc(C)cc3C)CC2)cc1. The van der Waals surface area contributed by atoms with Crippen molar-refractivity contribution in [3.63, 3.8) is 0 Å². The number of aryl methyl sites for hydroxylation is 2. The maximum absolute atomic E-state index is 14.0. The number of ether oxygens (including phenoxy) is 3. The van der Waals surface area contributed by atoms with Gasteiger partial charge in [0.25, 0.3) is 5.91 Å². The van der Waals surface area contributed by atoms with Crippen molar-refractivity contribution in [1.29, 1.82) is 0 Å². The Hall–Kier alpha value is -4.46. The summed E-state index contributed by atoms with van der Waals surface area (Å²) in [4.78, 5) is 18.2. The first-order chi connectivity index (χ1) is 18.9. The average Bonchev–Trinajstić information content (AvgIpc) is 3.41. The molecule has 1 aliphatic heterocycles. The van der Waals surface area contributed by atoms with Crippen LogP contribution in [0.15, 0.2) is 66.7 Å². The Bertz CT molecular complexity index is 1470. The second-order valence-corrected chi connectivity index (χ2v) is 9.66. The zero-order valence-corrected chi connectivity index (χ0v) is 23.1. The van der Waals surface area contributed by atoms with Gasteiger partial charge in [-0.25, -0.2) is 4.68 Å². The van der Waals surface area contributed by atoms with Crippen LogP contribution in [0.4, 0.5) is 5.69 Å². The first-order valence-corrected chi connectivity index (χ1v) is 13.0. The maximum Gasteiger partial charge on any atom is 0.272 e. The minimum Gasteiger partial charge on any atom is -0.497 e. The summed E-state index contributed by atoms with van der Waals surface area (Å²) in [5.41, 5.74) is 6.17. The molecular weight excluding hydrogens is 492 g/mol. The molecular formula is C31H34N4O4. The quantitative estimate of drug-likeness (QED) is 0.332. The molecule has 0 aliphatic carbocycles. The van der Waals surface area contributed by atoms with Crippen LogP contribution >= 0.6 is 0 Å². The van der Waals surface area contributed by atoms with Crippen molar-refractivity contribution in [2.45, 2.75) is 13.8 Å². The van der Waals surface area contributed by atoms with Crippen LogP contribution in [0.5, 0.6) is 17.2 Å². The summed E-state index contributed by atoms with van der Waals surface area (Å²) in [6, 6.07) is 21.7. The minimum absolute atomic E-state index is 0.0458. The summed E-state index contributed by atoms with van der Waals surface area (Å²) < 4.78 is 18.1. The fourth-order valence-electron chi connectivity index (χ4n) is 5.02. The largest absolute Gasteiger partial charge is 0.497 e. The Labute approximate surface area is 229 Å². The van der Waals surface area contributed by atoms with Crippen molar-refractivity contribution in [3.8, 4) is 34.2 Å². The van der Waals surface area contributed by atoms with E-state index in [2.05, 4.69) is 30.0 Å². The average molecular weight is 527 g/mol. The summed E-state index contributed by atoms with van der Waals surface area (Å²) in [7, 11) is 4.90. The van der Waals surface area contributed by atoms with E-state index in [1.807, 2.05) is 60.4 Å². The van der Waals surface area contributed by atoms with Gasteiger partial charge in [-0.15, -0.1) is 0 Å². The van der Waals surface area contributed by atoms with Crippen molar-refractivity contribution in [2.24, 2.45) is 0 Å². The molecule has 0 spiro atoms. The molecule has 1 fully saturated rings. The summed E-state index contributed by atoms with van der Waals surface area (Å²) in [5, 5.41) is 4.93. The molecule has 5 rings (SSSR count). The highest BCUT2D eigenvalue weighted by molar-refractivity contribution is 5.95. The van der Waals surface area contributed by atoms with Crippen LogP contribution in [0.1, 0.15) is 21.6 Å². The molecule has 1 aromatic heterocycles. The van der Waals surface area contributed by atoms with Crippen molar-refractivity contribution >= 4 is 11.6 Å². The smallest absolute Gasteiger partial charge is 0.272 e. The third-order valence-corrected chi connectivity index (χ3v) is 7.20. The number of rotatable bonds is 7. The number of methoxy groups -OCH3 is 3. The van der Waals surface area contributed by atoms with Gasteiger partial charge in [-0.2, -0.15) is 5.10 Å². The molecule has 8 heteroatoms. The molecule has 0 unspecified atom stereocenters. The molecule has 8 nitrogen and oxygen atoms in total. The number of carbonyl (C=O) groups excluding carboxylic acids is 1. The lowest BCUT2D eigenvalue weighted by molar-refractivity contribution is 0.0737. The number of nitrogens with zero attached hydrogens (tertiary/aromatic N) is 4. The van der Waals surface area contributed by atoms with Crippen molar-refractivity contribution < 1.29 is 19.0 Å². The van der Waals surface area contributed by atoms with Crippen molar-refractivity contribution in [2.75, 3.05) is 52.4 Å². The topological polar surface area (TPSA) is 69.1 Å². The lowest BCUT2D eigenvalue weighted by Crippen LogP contribution is -2.49. The second-order valence-electron chi connectivity index (χ2n) is 9.66. The Morgan fingerprint density at radius 2 is 1.46 bits per heavy atom. The van der Waals surface area contributed by atoms with Gasteiger partial charge in [0.1, 0.15) is 22.9 Å². The van der Waals surface area contributed by atoms with Crippen LogP contribution in [-0.2, 0) is 0 Å². The first kappa shape index (κ1) is 26.2. The van der Waals surface area contributed by atoms with Crippen LogP contribution in [0.25, 0.3) is 16.9 Å². The predicted molar refractivity (Wildman–Crippen MR) is 153 cm³/mol. The van der Waals surface area contributed by atoms with E-state index in [9.17, 15) is 4.79 Å². The number of hydrogen-bond donors (Lipinski definition) is 0. The van der Waals surface area contributed by atoms with E-state index in [4.69, 9.17) is 19.3 Å². The van der Waals surface area contributed by atoms with E-state index in [0.29, 0.717) is 36.0 Å². The van der Waals surface area contributed by atoms with Crippen molar-refractivity contribution in [1.82, 2.24) is 14.7 Å². The van der Waals surface area contributed by atoms with Gasteiger partial charge in [-0.1, -0.05) is 17.7 Å². The van der Waals surface area contributed by atoms with Crippen LogP contribution in [0.3, 0.4) is 0 Å². The zero-order chi connectivity index (χ0) is 27.5. The third-order valence-electron chi connectivity index (χ3n) is 7.20. The lowest BCUT2D eigenvalue weighted by atomic mass is 10.1. The number of hydrogen-bond acceptors (Lipinski definition) is 6. The summed E-state index contributed by atoms with van der Waals surface area (Å²) in [6.45, 7) is 6.82. The molecule has 39 heavy (non-hydrogen) atoms. The summed E-state index contributed by atoms with van der Waals surface area (Å²) >= 11 is 0. The Morgan fingerprint density at radius 3 is 2.10 bits per heavy atom. The second kappa shape index (κ2) is 11.1. The number of amides is 1. The van der Waals surface area contributed by atoms with E-state index >= 15 is 0 Å². The number of piperazine rings is 1.